The summed E-state index contributed by atoms with van der Waals surface area (Å²) in [4.78, 5) is 0. The molecule has 20 heavy (non-hydrogen) atoms. The third kappa shape index (κ3) is 3.01. The summed E-state index contributed by atoms with van der Waals surface area (Å²) in [5.74, 6) is 1.70. The molecule has 1 unspecified atom stereocenters. The molecule has 1 aliphatic rings. The Morgan fingerprint density at radius 3 is 2.20 bits per heavy atom. The van der Waals surface area contributed by atoms with Crippen LogP contribution in [0.1, 0.15) is 71.4 Å². The van der Waals surface area contributed by atoms with E-state index in [-0.39, 0.29) is 11.5 Å². The fourth-order valence-electron chi connectivity index (χ4n) is 2.39. The van der Waals surface area contributed by atoms with Crippen LogP contribution in [0.15, 0.2) is 18.2 Å². The van der Waals surface area contributed by atoms with Crippen LogP contribution in [0, 0.1) is 5.41 Å². The molecule has 2 N–H and O–H groups in total. The molecule has 2 heteroatoms. The average Bonchev–Trinajstić information content (AvgIpc) is 3.09. The average molecular weight is 275 g/mol. The molecular formula is C18H29NO. The predicted octanol–water partition coefficient (Wildman–Crippen LogP) is 4.57. The molecule has 0 aliphatic heterocycles. The van der Waals surface area contributed by atoms with Crippen molar-refractivity contribution in [2.45, 2.75) is 71.9 Å². The van der Waals surface area contributed by atoms with E-state index >= 15 is 0 Å². The van der Waals surface area contributed by atoms with Gasteiger partial charge >= 0.3 is 0 Å². The van der Waals surface area contributed by atoms with Crippen LogP contribution in [-0.2, 0) is 5.54 Å². The zero-order chi connectivity index (χ0) is 15.1. The fraction of sp³-hybridized carbons (Fsp3) is 0.667. The van der Waals surface area contributed by atoms with Gasteiger partial charge in [0.25, 0.3) is 0 Å². The smallest absolute Gasteiger partial charge is 0.125 e. The lowest BCUT2D eigenvalue weighted by Crippen LogP contribution is -2.45. The van der Waals surface area contributed by atoms with Gasteiger partial charge in [0, 0.05) is 11.1 Å². The van der Waals surface area contributed by atoms with Crippen molar-refractivity contribution in [2.75, 3.05) is 0 Å². The Labute approximate surface area is 123 Å². The summed E-state index contributed by atoms with van der Waals surface area (Å²) >= 11 is 0. The summed E-state index contributed by atoms with van der Waals surface area (Å²) in [6.45, 7) is 12.8. The van der Waals surface area contributed by atoms with Gasteiger partial charge in [0.2, 0.25) is 0 Å². The Bertz CT molecular complexity index is 479. The van der Waals surface area contributed by atoms with Crippen molar-refractivity contribution in [1.29, 1.82) is 0 Å². The van der Waals surface area contributed by atoms with Gasteiger partial charge in [-0.3, -0.25) is 0 Å². The van der Waals surface area contributed by atoms with Gasteiger partial charge in [0.15, 0.2) is 0 Å². The van der Waals surface area contributed by atoms with Gasteiger partial charge in [-0.2, -0.15) is 0 Å². The Hall–Kier alpha value is -1.02. The van der Waals surface area contributed by atoms with Crippen molar-refractivity contribution >= 4 is 0 Å². The lowest BCUT2D eigenvalue weighted by Gasteiger charge is -2.40. The first kappa shape index (κ1) is 15.4. The van der Waals surface area contributed by atoms with Crippen molar-refractivity contribution in [2.24, 2.45) is 11.1 Å². The molecule has 0 bridgehead atoms. The zero-order valence-electron chi connectivity index (χ0n) is 13.8. The molecule has 1 aliphatic carbocycles. The third-order valence-corrected chi connectivity index (χ3v) is 4.53. The second-order valence-electron chi connectivity index (χ2n) is 7.65. The quantitative estimate of drug-likeness (QED) is 0.873. The molecule has 1 fully saturated rings. The number of ether oxygens (including phenoxy) is 1. The minimum absolute atomic E-state index is 0.0246. The Kier molecular flexibility index (Phi) is 3.90. The highest BCUT2D eigenvalue weighted by molar-refractivity contribution is 5.44. The largest absolute Gasteiger partial charge is 0.491 e. The van der Waals surface area contributed by atoms with Crippen LogP contribution in [0.2, 0.25) is 0 Å². The highest BCUT2D eigenvalue weighted by Gasteiger charge is 2.38. The van der Waals surface area contributed by atoms with Crippen LogP contribution in [0.25, 0.3) is 0 Å². The highest BCUT2D eigenvalue weighted by atomic mass is 16.5. The zero-order valence-corrected chi connectivity index (χ0v) is 13.8. The van der Waals surface area contributed by atoms with Gasteiger partial charge in [0.05, 0.1) is 6.10 Å². The van der Waals surface area contributed by atoms with Gasteiger partial charge in [-0.25, -0.2) is 0 Å². The van der Waals surface area contributed by atoms with Gasteiger partial charge in [-0.1, -0.05) is 32.9 Å². The highest BCUT2D eigenvalue weighted by Crippen LogP contribution is 2.45. The first-order valence-electron chi connectivity index (χ1n) is 7.73. The van der Waals surface area contributed by atoms with E-state index in [0.29, 0.717) is 0 Å². The Morgan fingerprint density at radius 1 is 1.15 bits per heavy atom. The summed E-state index contributed by atoms with van der Waals surface area (Å²) in [6, 6.07) is 6.62. The van der Waals surface area contributed by atoms with Crippen LogP contribution >= 0.6 is 0 Å². The maximum Gasteiger partial charge on any atom is 0.125 e. The Morgan fingerprint density at radius 2 is 1.75 bits per heavy atom. The molecule has 2 rings (SSSR count). The lowest BCUT2D eigenvalue weighted by molar-refractivity contribution is 0.189. The number of hydrogen-bond donors (Lipinski definition) is 1. The van der Waals surface area contributed by atoms with Gasteiger partial charge in [0.1, 0.15) is 5.75 Å². The van der Waals surface area contributed by atoms with Crippen LogP contribution in [0.3, 0.4) is 0 Å². The minimum atomic E-state index is -0.417. The molecule has 0 radical (unpaired) electrons. The van der Waals surface area contributed by atoms with E-state index in [1.807, 2.05) is 0 Å². The van der Waals surface area contributed by atoms with E-state index < -0.39 is 5.54 Å². The number of rotatable bonds is 4. The lowest BCUT2D eigenvalue weighted by atomic mass is 9.71. The Balaban J connectivity index is 2.45. The topological polar surface area (TPSA) is 35.2 Å². The van der Waals surface area contributed by atoms with Crippen LogP contribution in [-0.4, -0.2) is 6.10 Å². The van der Waals surface area contributed by atoms with E-state index in [1.165, 1.54) is 18.4 Å². The van der Waals surface area contributed by atoms with Gasteiger partial charge in [-0.15, -0.1) is 0 Å². The van der Waals surface area contributed by atoms with Crippen LogP contribution in [0.5, 0.6) is 5.75 Å². The molecule has 1 saturated carbocycles. The maximum atomic E-state index is 6.65. The predicted molar refractivity (Wildman–Crippen MR) is 85.2 cm³/mol. The third-order valence-electron chi connectivity index (χ3n) is 4.53. The molecule has 1 atom stereocenters. The number of benzene rings is 1. The van der Waals surface area contributed by atoms with E-state index in [9.17, 15) is 0 Å². The molecule has 0 amide bonds. The van der Waals surface area contributed by atoms with Crippen molar-refractivity contribution in [3.63, 3.8) is 0 Å². The molecule has 2 nitrogen and oxygen atoms in total. The molecule has 0 saturated heterocycles. The van der Waals surface area contributed by atoms with Gasteiger partial charge < -0.3 is 10.5 Å². The standard InChI is InChI=1S/C18H29NO/c1-12(2)20-16-11-14(13-7-8-13)9-10-15(16)18(6,19)17(3,4)5/h9-13H,7-8,19H2,1-6H3. The van der Waals surface area contributed by atoms with Gasteiger partial charge in [-0.05, 0) is 56.6 Å². The SMILES string of the molecule is CC(C)Oc1cc(C2CC2)ccc1C(C)(N)C(C)(C)C. The normalized spacial score (nSPS) is 19.0. The van der Waals surface area contributed by atoms with E-state index in [0.717, 1.165) is 17.2 Å². The van der Waals surface area contributed by atoms with Crippen molar-refractivity contribution in [1.82, 2.24) is 0 Å². The first-order chi connectivity index (χ1) is 9.13. The molecule has 1 aromatic carbocycles. The molecule has 0 spiro atoms. The van der Waals surface area contributed by atoms with Crippen LogP contribution < -0.4 is 10.5 Å². The molecule has 1 aromatic rings. The summed E-state index contributed by atoms with van der Waals surface area (Å²) in [7, 11) is 0. The molecule has 0 heterocycles. The molecular weight excluding hydrogens is 246 g/mol. The second-order valence-corrected chi connectivity index (χ2v) is 7.65. The first-order valence-corrected chi connectivity index (χ1v) is 7.73. The van der Waals surface area contributed by atoms with Crippen molar-refractivity contribution < 1.29 is 4.74 Å². The summed E-state index contributed by atoms with van der Waals surface area (Å²) < 4.78 is 6.07. The maximum absolute atomic E-state index is 6.65. The van der Waals surface area contributed by atoms with Crippen molar-refractivity contribution in [3.05, 3.63) is 29.3 Å². The van der Waals surface area contributed by atoms with Crippen molar-refractivity contribution in [3.8, 4) is 5.75 Å². The number of hydrogen-bond acceptors (Lipinski definition) is 2. The van der Waals surface area contributed by atoms with E-state index in [2.05, 4.69) is 59.7 Å². The van der Waals surface area contributed by atoms with Crippen LogP contribution in [0.4, 0.5) is 0 Å². The monoisotopic (exact) mass is 275 g/mol. The second kappa shape index (κ2) is 5.07. The van der Waals surface area contributed by atoms with E-state index in [4.69, 9.17) is 10.5 Å². The summed E-state index contributed by atoms with van der Waals surface area (Å²) in [5, 5.41) is 0. The summed E-state index contributed by atoms with van der Waals surface area (Å²) in [5.41, 5.74) is 8.72. The minimum Gasteiger partial charge on any atom is -0.491 e. The molecule has 0 aromatic heterocycles. The number of nitrogens with two attached hydrogens (primary N) is 1. The van der Waals surface area contributed by atoms with E-state index in [1.54, 1.807) is 0 Å². The summed E-state index contributed by atoms with van der Waals surface area (Å²) in [6.07, 6.45) is 2.78. The fourth-order valence-corrected chi connectivity index (χ4v) is 2.39. The molecule has 112 valence electrons.